The number of nitrogens with one attached hydrogen (secondary N) is 1. The first-order valence-corrected chi connectivity index (χ1v) is 8.86. The van der Waals surface area contributed by atoms with E-state index in [4.69, 9.17) is 4.42 Å². The van der Waals surface area contributed by atoms with Crippen molar-refractivity contribution >= 4 is 5.91 Å². The molecule has 1 aromatic carbocycles. The topological polar surface area (TPSA) is 63.3 Å². The van der Waals surface area contributed by atoms with Crippen molar-refractivity contribution in [2.24, 2.45) is 7.05 Å². The molecule has 2 heterocycles. The van der Waals surface area contributed by atoms with Crippen LogP contribution in [0.2, 0.25) is 0 Å². The van der Waals surface area contributed by atoms with Crippen molar-refractivity contribution in [3.8, 4) is 11.3 Å². The zero-order chi connectivity index (χ0) is 21.2. The first-order chi connectivity index (χ1) is 13.6. The number of amides is 1. The summed E-state index contributed by atoms with van der Waals surface area (Å²) in [5, 5.41) is 6.94. The summed E-state index contributed by atoms with van der Waals surface area (Å²) in [7, 11) is 5.60. The Morgan fingerprint density at radius 3 is 2.66 bits per heavy atom. The number of furan rings is 1. The highest BCUT2D eigenvalue weighted by Gasteiger charge is 2.30. The van der Waals surface area contributed by atoms with Crippen LogP contribution in [-0.4, -0.2) is 41.2 Å². The first kappa shape index (κ1) is 20.7. The van der Waals surface area contributed by atoms with Crippen molar-refractivity contribution in [2.45, 2.75) is 12.2 Å². The minimum Gasteiger partial charge on any atom is -0.451 e. The van der Waals surface area contributed by atoms with E-state index < -0.39 is 17.6 Å². The highest BCUT2D eigenvalue weighted by atomic mass is 19.4. The van der Waals surface area contributed by atoms with Gasteiger partial charge in [-0.2, -0.15) is 18.3 Å². The molecule has 9 heteroatoms. The van der Waals surface area contributed by atoms with Gasteiger partial charge in [-0.05, 0) is 38.4 Å². The molecule has 1 unspecified atom stereocenters. The second kappa shape index (κ2) is 8.12. The summed E-state index contributed by atoms with van der Waals surface area (Å²) in [6, 6.07) is 7.61. The van der Waals surface area contributed by atoms with Crippen LogP contribution in [0.15, 0.2) is 53.2 Å². The summed E-state index contributed by atoms with van der Waals surface area (Å²) in [4.78, 5) is 14.4. The van der Waals surface area contributed by atoms with Gasteiger partial charge < -0.3 is 14.6 Å². The summed E-state index contributed by atoms with van der Waals surface area (Å²) >= 11 is 0. The molecule has 0 aliphatic rings. The van der Waals surface area contributed by atoms with Gasteiger partial charge in [0.1, 0.15) is 5.76 Å². The Morgan fingerprint density at radius 2 is 2.03 bits per heavy atom. The summed E-state index contributed by atoms with van der Waals surface area (Å²) < 4.78 is 45.9. The predicted molar refractivity (Wildman–Crippen MR) is 101 cm³/mol. The molecule has 0 saturated carbocycles. The third kappa shape index (κ3) is 4.86. The molecule has 1 atom stereocenters. The molecule has 0 aliphatic carbocycles. The highest BCUT2D eigenvalue weighted by molar-refractivity contribution is 5.92. The number of hydrogen-bond acceptors (Lipinski definition) is 4. The number of alkyl halides is 3. The molecule has 3 rings (SSSR count). The van der Waals surface area contributed by atoms with Crippen molar-refractivity contribution in [1.29, 1.82) is 0 Å². The molecule has 3 aromatic rings. The van der Waals surface area contributed by atoms with Gasteiger partial charge in [-0.15, -0.1) is 0 Å². The molecule has 2 aromatic heterocycles. The van der Waals surface area contributed by atoms with E-state index in [9.17, 15) is 18.0 Å². The molecule has 0 fully saturated rings. The van der Waals surface area contributed by atoms with E-state index in [0.717, 1.165) is 17.7 Å². The van der Waals surface area contributed by atoms with E-state index in [-0.39, 0.29) is 23.1 Å². The number of carbonyl (C=O) groups is 1. The summed E-state index contributed by atoms with van der Waals surface area (Å²) in [6.07, 6.45) is -0.846. The number of nitrogens with zero attached hydrogens (tertiary/aromatic N) is 3. The van der Waals surface area contributed by atoms with E-state index in [2.05, 4.69) is 10.4 Å². The predicted octanol–water partition coefficient (Wildman–Crippen LogP) is 3.73. The number of hydrogen-bond donors (Lipinski definition) is 1. The number of halogens is 3. The maximum Gasteiger partial charge on any atom is 0.416 e. The molecular formula is C20H21F3N4O2. The average Bonchev–Trinajstić information content (AvgIpc) is 3.30. The Balaban J connectivity index is 1.71. The fraction of sp³-hybridized carbons (Fsp3) is 0.300. The van der Waals surface area contributed by atoms with Crippen LogP contribution in [-0.2, 0) is 13.2 Å². The van der Waals surface area contributed by atoms with Crippen molar-refractivity contribution in [3.63, 3.8) is 0 Å². The highest BCUT2D eigenvalue weighted by Crippen LogP contribution is 2.32. The fourth-order valence-corrected chi connectivity index (χ4v) is 2.95. The zero-order valence-electron chi connectivity index (χ0n) is 16.2. The van der Waals surface area contributed by atoms with Gasteiger partial charge in [0, 0.05) is 30.9 Å². The van der Waals surface area contributed by atoms with Crippen molar-refractivity contribution < 1.29 is 22.4 Å². The number of aromatic nitrogens is 2. The van der Waals surface area contributed by atoms with Gasteiger partial charge in [-0.25, -0.2) is 0 Å². The first-order valence-electron chi connectivity index (χ1n) is 8.86. The number of aryl methyl sites for hydroxylation is 1. The maximum atomic E-state index is 12.9. The Bertz CT molecular complexity index is 992. The van der Waals surface area contributed by atoms with E-state index in [1.165, 1.54) is 24.3 Å². The Hall–Kier alpha value is -3.07. The van der Waals surface area contributed by atoms with E-state index in [0.29, 0.717) is 6.54 Å². The molecule has 154 valence electrons. The molecule has 0 bridgehead atoms. The molecule has 6 nitrogen and oxygen atoms in total. The average molecular weight is 406 g/mol. The van der Waals surface area contributed by atoms with E-state index in [1.807, 2.05) is 32.2 Å². The number of carbonyl (C=O) groups excluding carboxylic acids is 1. The Labute approximate surface area is 165 Å². The maximum absolute atomic E-state index is 12.9. The van der Waals surface area contributed by atoms with Gasteiger partial charge in [0.25, 0.3) is 5.91 Å². The van der Waals surface area contributed by atoms with Crippen molar-refractivity contribution in [1.82, 2.24) is 20.0 Å². The standard InChI is InChI=1S/C20H21F3N4O2/c1-26(2)16(14-10-25-27(3)12-14)11-24-19(28)18-8-7-17(29-18)13-5-4-6-15(9-13)20(21,22)23/h4-10,12,16H,11H2,1-3H3,(H,24,28). The van der Waals surface area contributed by atoms with Crippen LogP contribution in [0, 0.1) is 0 Å². The normalized spacial score (nSPS) is 12.9. The molecule has 0 spiro atoms. The molecule has 0 saturated heterocycles. The third-order valence-corrected chi connectivity index (χ3v) is 4.49. The molecular weight excluding hydrogens is 385 g/mol. The number of likely N-dealkylation sites (N-methyl/N-ethyl adjacent to an activating group) is 1. The minimum absolute atomic E-state index is 0.0288. The quantitative estimate of drug-likeness (QED) is 0.678. The lowest BCUT2D eigenvalue weighted by atomic mass is 10.1. The van der Waals surface area contributed by atoms with E-state index >= 15 is 0 Å². The van der Waals surface area contributed by atoms with Gasteiger partial charge in [0.05, 0.1) is 17.8 Å². The molecule has 1 amide bonds. The summed E-state index contributed by atoms with van der Waals surface area (Å²) in [5.74, 6) is -0.224. The van der Waals surface area contributed by atoms with Crippen LogP contribution in [0.3, 0.4) is 0 Å². The minimum atomic E-state index is -4.45. The molecule has 0 aliphatic heterocycles. The lowest BCUT2D eigenvalue weighted by molar-refractivity contribution is -0.137. The van der Waals surface area contributed by atoms with Crippen LogP contribution in [0.5, 0.6) is 0 Å². The Kier molecular flexibility index (Phi) is 5.78. The smallest absolute Gasteiger partial charge is 0.416 e. The second-order valence-corrected chi connectivity index (χ2v) is 6.88. The van der Waals surface area contributed by atoms with Crippen LogP contribution in [0.25, 0.3) is 11.3 Å². The largest absolute Gasteiger partial charge is 0.451 e. The van der Waals surface area contributed by atoms with Crippen molar-refractivity contribution in [3.05, 3.63) is 65.7 Å². The van der Waals surface area contributed by atoms with E-state index in [1.54, 1.807) is 10.9 Å². The van der Waals surface area contributed by atoms with Crippen LogP contribution in [0.1, 0.15) is 27.7 Å². The zero-order valence-corrected chi connectivity index (χ0v) is 16.2. The SMILES string of the molecule is CN(C)C(CNC(=O)c1ccc(-c2cccc(C(F)(F)F)c2)o1)c1cnn(C)c1. The monoisotopic (exact) mass is 406 g/mol. The van der Waals surface area contributed by atoms with Gasteiger partial charge in [0.15, 0.2) is 5.76 Å². The van der Waals surface area contributed by atoms with Gasteiger partial charge in [-0.3, -0.25) is 9.48 Å². The number of benzene rings is 1. The van der Waals surface area contributed by atoms with Gasteiger partial charge >= 0.3 is 6.18 Å². The molecule has 29 heavy (non-hydrogen) atoms. The van der Waals surface area contributed by atoms with Crippen LogP contribution in [0.4, 0.5) is 13.2 Å². The molecule has 1 N–H and O–H groups in total. The van der Waals surface area contributed by atoms with Crippen LogP contribution < -0.4 is 5.32 Å². The Morgan fingerprint density at radius 1 is 1.28 bits per heavy atom. The third-order valence-electron chi connectivity index (χ3n) is 4.49. The number of rotatable bonds is 6. The van der Waals surface area contributed by atoms with Crippen molar-refractivity contribution in [2.75, 3.05) is 20.6 Å². The summed E-state index contributed by atoms with van der Waals surface area (Å²) in [6.45, 7) is 0.317. The second-order valence-electron chi connectivity index (χ2n) is 6.88. The van der Waals surface area contributed by atoms with Gasteiger partial charge in [0.2, 0.25) is 0 Å². The fourth-order valence-electron chi connectivity index (χ4n) is 2.95. The molecule has 0 radical (unpaired) electrons. The lowest BCUT2D eigenvalue weighted by Crippen LogP contribution is -2.34. The summed E-state index contributed by atoms with van der Waals surface area (Å²) in [5.41, 5.74) is 0.421. The van der Waals surface area contributed by atoms with Gasteiger partial charge in [-0.1, -0.05) is 12.1 Å². The lowest BCUT2D eigenvalue weighted by Gasteiger charge is -2.23. The van der Waals surface area contributed by atoms with Crippen LogP contribution >= 0.6 is 0 Å².